The van der Waals surface area contributed by atoms with E-state index in [4.69, 9.17) is 5.11 Å². The van der Waals surface area contributed by atoms with E-state index in [2.05, 4.69) is 15.5 Å². The summed E-state index contributed by atoms with van der Waals surface area (Å²) in [6.07, 6.45) is 5.45. The summed E-state index contributed by atoms with van der Waals surface area (Å²) in [7, 11) is 0. The number of nitrogens with zero attached hydrogens (tertiary/aromatic N) is 1. The van der Waals surface area contributed by atoms with Crippen LogP contribution in [0.5, 0.6) is 5.75 Å². The molecule has 1 aromatic heterocycles. The molecule has 0 saturated heterocycles. The zero-order valence-electron chi connectivity index (χ0n) is 11.8. The number of carbonyl (C=O) groups excluding carboxylic acids is 1. The standard InChI is InChI=1S/C15H18FN3O2/c1-10(12-5-6-14(20)13(16)7-12)19-15(21)4-2-3-11-8-17-18-9-11/h5-10,20H,2-4H2,1H3,(H,17,18)(H,19,21)/t10-/m1/s1. The zero-order valence-corrected chi connectivity index (χ0v) is 11.8. The molecule has 3 N–H and O–H groups in total. The molecule has 1 aromatic carbocycles. The van der Waals surface area contributed by atoms with Gasteiger partial charge < -0.3 is 10.4 Å². The highest BCUT2D eigenvalue weighted by molar-refractivity contribution is 5.76. The second-order valence-corrected chi connectivity index (χ2v) is 4.96. The van der Waals surface area contributed by atoms with Crippen LogP contribution in [-0.4, -0.2) is 21.2 Å². The Morgan fingerprint density at radius 2 is 2.33 bits per heavy atom. The number of carbonyl (C=O) groups is 1. The molecular weight excluding hydrogens is 273 g/mol. The van der Waals surface area contributed by atoms with E-state index in [0.29, 0.717) is 12.0 Å². The van der Waals surface area contributed by atoms with E-state index >= 15 is 0 Å². The van der Waals surface area contributed by atoms with Crippen LogP contribution in [0.4, 0.5) is 4.39 Å². The first kappa shape index (κ1) is 15.0. The minimum Gasteiger partial charge on any atom is -0.505 e. The Hall–Kier alpha value is -2.37. The van der Waals surface area contributed by atoms with Crippen molar-refractivity contribution in [2.24, 2.45) is 0 Å². The number of aryl methyl sites for hydroxylation is 1. The van der Waals surface area contributed by atoms with Gasteiger partial charge in [0, 0.05) is 12.6 Å². The number of aromatic nitrogens is 2. The molecule has 6 heteroatoms. The number of amides is 1. The van der Waals surface area contributed by atoms with E-state index in [0.717, 1.165) is 18.4 Å². The molecule has 0 aliphatic carbocycles. The third kappa shape index (κ3) is 4.30. The molecule has 5 nitrogen and oxygen atoms in total. The fourth-order valence-electron chi connectivity index (χ4n) is 2.06. The first-order valence-electron chi connectivity index (χ1n) is 6.81. The Morgan fingerprint density at radius 3 is 3.00 bits per heavy atom. The van der Waals surface area contributed by atoms with E-state index in [-0.39, 0.29) is 11.9 Å². The molecule has 21 heavy (non-hydrogen) atoms. The zero-order chi connectivity index (χ0) is 15.2. The summed E-state index contributed by atoms with van der Waals surface area (Å²) < 4.78 is 13.3. The van der Waals surface area contributed by atoms with Gasteiger partial charge in [0.2, 0.25) is 5.91 Å². The highest BCUT2D eigenvalue weighted by Crippen LogP contribution is 2.20. The Labute approximate surface area is 122 Å². The lowest BCUT2D eigenvalue weighted by molar-refractivity contribution is -0.121. The molecule has 0 radical (unpaired) electrons. The molecule has 1 atom stereocenters. The van der Waals surface area contributed by atoms with Crippen molar-refractivity contribution < 1.29 is 14.3 Å². The van der Waals surface area contributed by atoms with Crippen LogP contribution in [0.25, 0.3) is 0 Å². The normalized spacial score (nSPS) is 12.1. The smallest absolute Gasteiger partial charge is 0.220 e. The number of benzene rings is 1. The van der Waals surface area contributed by atoms with Crippen molar-refractivity contribution in [3.8, 4) is 5.75 Å². The molecule has 0 bridgehead atoms. The van der Waals surface area contributed by atoms with Gasteiger partial charge in [-0.05, 0) is 43.0 Å². The average Bonchev–Trinajstić information content (AvgIpc) is 2.95. The Morgan fingerprint density at radius 1 is 1.52 bits per heavy atom. The highest BCUT2D eigenvalue weighted by Gasteiger charge is 2.11. The number of phenolic OH excluding ortho intramolecular Hbond substituents is 1. The monoisotopic (exact) mass is 291 g/mol. The topological polar surface area (TPSA) is 78.0 Å². The molecule has 112 valence electrons. The Bertz CT molecular complexity index is 599. The minimum atomic E-state index is -0.687. The van der Waals surface area contributed by atoms with Gasteiger partial charge in [0.25, 0.3) is 0 Å². The van der Waals surface area contributed by atoms with Crippen molar-refractivity contribution in [3.63, 3.8) is 0 Å². The summed E-state index contributed by atoms with van der Waals surface area (Å²) >= 11 is 0. The number of hydrogen-bond acceptors (Lipinski definition) is 3. The van der Waals surface area contributed by atoms with Crippen molar-refractivity contribution in [2.45, 2.75) is 32.2 Å². The van der Waals surface area contributed by atoms with Gasteiger partial charge in [-0.3, -0.25) is 9.89 Å². The molecule has 0 spiro atoms. The van der Waals surface area contributed by atoms with Gasteiger partial charge >= 0.3 is 0 Å². The molecule has 1 heterocycles. The summed E-state index contributed by atoms with van der Waals surface area (Å²) in [5, 5.41) is 18.5. The minimum absolute atomic E-state index is 0.0838. The molecular formula is C15H18FN3O2. The molecule has 1 amide bonds. The van der Waals surface area contributed by atoms with E-state index in [1.807, 2.05) is 0 Å². The number of aromatic hydroxyl groups is 1. The maximum Gasteiger partial charge on any atom is 0.220 e. The van der Waals surface area contributed by atoms with Crippen molar-refractivity contribution in [2.75, 3.05) is 0 Å². The van der Waals surface area contributed by atoms with Gasteiger partial charge in [-0.1, -0.05) is 6.07 Å². The predicted molar refractivity (Wildman–Crippen MR) is 76.1 cm³/mol. The third-order valence-electron chi connectivity index (χ3n) is 3.27. The lowest BCUT2D eigenvalue weighted by atomic mass is 10.1. The number of phenols is 1. The van der Waals surface area contributed by atoms with Crippen molar-refractivity contribution in [3.05, 3.63) is 47.5 Å². The molecule has 0 fully saturated rings. The maximum atomic E-state index is 13.3. The van der Waals surface area contributed by atoms with Crippen molar-refractivity contribution in [1.82, 2.24) is 15.5 Å². The van der Waals surface area contributed by atoms with Gasteiger partial charge in [0.15, 0.2) is 11.6 Å². The van der Waals surface area contributed by atoms with Crippen LogP contribution in [0, 0.1) is 5.82 Å². The lowest BCUT2D eigenvalue weighted by Gasteiger charge is -2.14. The molecule has 0 aliphatic rings. The quantitative estimate of drug-likeness (QED) is 0.765. The van der Waals surface area contributed by atoms with Crippen LogP contribution in [0.3, 0.4) is 0 Å². The van der Waals surface area contributed by atoms with Crippen LogP contribution in [-0.2, 0) is 11.2 Å². The van der Waals surface area contributed by atoms with Crippen molar-refractivity contribution >= 4 is 5.91 Å². The van der Waals surface area contributed by atoms with E-state index in [1.54, 1.807) is 25.4 Å². The SMILES string of the molecule is C[C@@H](NC(=O)CCCc1cn[nH]c1)c1ccc(O)c(F)c1. The second-order valence-electron chi connectivity index (χ2n) is 4.96. The van der Waals surface area contributed by atoms with E-state index in [9.17, 15) is 9.18 Å². The van der Waals surface area contributed by atoms with Gasteiger partial charge in [-0.25, -0.2) is 4.39 Å². The van der Waals surface area contributed by atoms with Gasteiger partial charge in [-0.2, -0.15) is 5.10 Å². The van der Waals surface area contributed by atoms with Crippen LogP contribution in [0.15, 0.2) is 30.6 Å². The van der Waals surface area contributed by atoms with Gasteiger partial charge in [0.1, 0.15) is 0 Å². The second kappa shape index (κ2) is 6.88. The number of H-pyrrole nitrogens is 1. The van der Waals surface area contributed by atoms with E-state index < -0.39 is 11.6 Å². The highest BCUT2D eigenvalue weighted by atomic mass is 19.1. The fraction of sp³-hybridized carbons (Fsp3) is 0.333. The lowest BCUT2D eigenvalue weighted by Crippen LogP contribution is -2.26. The van der Waals surface area contributed by atoms with Crippen molar-refractivity contribution in [1.29, 1.82) is 0 Å². The maximum absolute atomic E-state index is 13.3. The fourth-order valence-corrected chi connectivity index (χ4v) is 2.06. The molecule has 2 aromatic rings. The Balaban J connectivity index is 1.79. The number of nitrogens with one attached hydrogen (secondary N) is 2. The van der Waals surface area contributed by atoms with Crippen LogP contribution < -0.4 is 5.32 Å². The molecule has 0 unspecified atom stereocenters. The predicted octanol–water partition coefficient (Wildman–Crippen LogP) is 2.45. The average molecular weight is 291 g/mol. The number of halogens is 1. The first-order valence-corrected chi connectivity index (χ1v) is 6.81. The molecule has 2 rings (SSSR count). The van der Waals surface area contributed by atoms with E-state index in [1.165, 1.54) is 12.1 Å². The largest absolute Gasteiger partial charge is 0.505 e. The molecule has 0 aliphatic heterocycles. The number of rotatable bonds is 6. The molecule has 0 saturated carbocycles. The number of aromatic amines is 1. The van der Waals surface area contributed by atoms with Crippen LogP contribution >= 0.6 is 0 Å². The summed E-state index contributed by atoms with van der Waals surface area (Å²) in [6, 6.07) is 3.80. The van der Waals surface area contributed by atoms with Crippen LogP contribution in [0.2, 0.25) is 0 Å². The van der Waals surface area contributed by atoms with Gasteiger partial charge in [0.05, 0.1) is 12.2 Å². The first-order chi connectivity index (χ1) is 10.1. The number of hydrogen-bond donors (Lipinski definition) is 3. The summed E-state index contributed by atoms with van der Waals surface area (Å²) in [4.78, 5) is 11.8. The Kier molecular flexibility index (Phi) is 4.92. The third-order valence-corrected chi connectivity index (χ3v) is 3.27. The summed E-state index contributed by atoms with van der Waals surface area (Å²) in [5.74, 6) is -1.16. The summed E-state index contributed by atoms with van der Waals surface area (Å²) in [5.41, 5.74) is 1.69. The summed E-state index contributed by atoms with van der Waals surface area (Å²) in [6.45, 7) is 1.78. The van der Waals surface area contributed by atoms with Gasteiger partial charge in [-0.15, -0.1) is 0 Å². The van der Waals surface area contributed by atoms with Crippen LogP contribution in [0.1, 0.15) is 36.9 Å².